The minimum absolute atomic E-state index is 0.0321. The van der Waals surface area contributed by atoms with Gasteiger partial charge in [0, 0.05) is 25.1 Å². The second-order valence-electron chi connectivity index (χ2n) is 7.34. The lowest BCUT2D eigenvalue weighted by Crippen LogP contribution is -2.55. The third-order valence-corrected chi connectivity index (χ3v) is 5.35. The zero-order chi connectivity index (χ0) is 20.5. The third kappa shape index (κ3) is 3.45. The molecule has 1 unspecified atom stereocenters. The van der Waals surface area contributed by atoms with E-state index in [1.165, 1.54) is 0 Å². The van der Waals surface area contributed by atoms with E-state index >= 15 is 0 Å². The van der Waals surface area contributed by atoms with Crippen molar-refractivity contribution in [1.29, 1.82) is 0 Å². The fraction of sp³-hybridized carbons (Fsp3) is 0.318. The standard InChI is InChI=1S/C22H21N3O5/c1-27-16-7-3-2-6-14(16)10-20-23-21(30-24-20)15-11-25(12-15)22(26)19-13-28-17-8-4-5-9-18(17)29-19/h2-9,15,19H,10-13H2,1H3. The number of amides is 1. The topological polar surface area (TPSA) is 86.9 Å². The van der Waals surface area contributed by atoms with Crippen LogP contribution in [-0.4, -0.2) is 53.9 Å². The normalized spacial score (nSPS) is 18.0. The van der Waals surface area contributed by atoms with Gasteiger partial charge in [0.05, 0.1) is 13.0 Å². The molecule has 154 valence electrons. The summed E-state index contributed by atoms with van der Waals surface area (Å²) in [5.74, 6) is 3.14. The molecule has 8 nitrogen and oxygen atoms in total. The van der Waals surface area contributed by atoms with Gasteiger partial charge in [-0.3, -0.25) is 4.79 Å². The first kappa shape index (κ1) is 18.5. The Morgan fingerprint density at radius 1 is 1.13 bits per heavy atom. The summed E-state index contributed by atoms with van der Waals surface area (Å²) in [5, 5.41) is 4.08. The molecule has 2 aliphatic rings. The van der Waals surface area contributed by atoms with E-state index in [-0.39, 0.29) is 18.4 Å². The molecule has 0 aliphatic carbocycles. The zero-order valence-corrected chi connectivity index (χ0v) is 16.5. The number of methoxy groups -OCH3 is 1. The third-order valence-electron chi connectivity index (χ3n) is 5.35. The number of carbonyl (C=O) groups excluding carboxylic acids is 1. The van der Waals surface area contributed by atoms with Crippen molar-refractivity contribution in [1.82, 2.24) is 15.0 Å². The molecule has 0 N–H and O–H groups in total. The van der Waals surface area contributed by atoms with Crippen LogP contribution in [0.15, 0.2) is 53.1 Å². The Balaban J connectivity index is 1.18. The fourth-order valence-corrected chi connectivity index (χ4v) is 3.68. The molecule has 5 rings (SSSR count). The second kappa shape index (κ2) is 7.70. The molecular weight excluding hydrogens is 386 g/mol. The number of para-hydroxylation sites is 3. The van der Waals surface area contributed by atoms with Crippen LogP contribution in [-0.2, 0) is 11.2 Å². The van der Waals surface area contributed by atoms with E-state index in [1.54, 1.807) is 18.1 Å². The van der Waals surface area contributed by atoms with E-state index in [2.05, 4.69) is 10.1 Å². The van der Waals surface area contributed by atoms with Crippen molar-refractivity contribution >= 4 is 5.91 Å². The number of carbonyl (C=O) groups is 1. The van der Waals surface area contributed by atoms with Crippen LogP contribution in [0.5, 0.6) is 17.2 Å². The van der Waals surface area contributed by atoms with Gasteiger partial charge in [-0.05, 0) is 18.2 Å². The van der Waals surface area contributed by atoms with Gasteiger partial charge < -0.3 is 23.6 Å². The number of hydrogen-bond donors (Lipinski definition) is 0. The van der Waals surface area contributed by atoms with Crippen LogP contribution in [0.3, 0.4) is 0 Å². The quantitative estimate of drug-likeness (QED) is 0.642. The maximum absolute atomic E-state index is 12.7. The van der Waals surface area contributed by atoms with Gasteiger partial charge >= 0.3 is 0 Å². The highest BCUT2D eigenvalue weighted by molar-refractivity contribution is 5.82. The van der Waals surface area contributed by atoms with Gasteiger partial charge in [0.25, 0.3) is 5.91 Å². The zero-order valence-electron chi connectivity index (χ0n) is 16.5. The molecule has 0 bridgehead atoms. The summed E-state index contributed by atoms with van der Waals surface area (Å²) in [6.07, 6.45) is -0.111. The lowest BCUT2D eigenvalue weighted by molar-refractivity contribution is -0.146. The van der Waals surface area contributed by atoms with Crippen LogP contribution < -0.4 is 14.2 Å². The Morgan fingerprint density at radius 3 is 2.73 bits per heavy atom. The molecule has 2 aromatic carbocycles. The van der Waals surface area contributed by atoms with Crippen molar-refractivity contribution in [2.75, 3.05) is 26.8 Å². The molecular formula is C22H21N3O5. The summed E-state index contributed by atoms with van der Waals surface area (Å²) in [4.78, 5) is 19.0. The van der Waals surface area contributed by atoms with E-state index in [1.807, 2.05) is 42.5 Å². The lowest BCUT2D eigenvalue weighted by atomic mass is 9.99. The molecule has 1 fully saturated rings. The molecule has 1 saturated heterocycles. The Bertz CT molecular complexity index is 1060. The first-order chi connectivity index (χ1) is 14.7. The van der Waals surface area contributed by atoms with Crippen molar-refractivity contribution in [3.05, 3.63) is 65.8 Å². The van der Waals surface area contributed by atoms with Crippen LogP contribution in [0.2, 0.25) is 0 Å². The van der Waals surface area contributed by atoms with E-state index in [9.17, 15) is 4.79 Å². The molecule has 8 heteroatoms. The Morgan fingerprint density at radius 2 is 1.90 bits per heavy atom. The highest BCUT2D eigenvalue weighted by atomic mass is 16.6. The maximum Gasteiger partial charge on any atom is 0.267 e. The minimum Gasteiger partial charge on any atom is -0.496 e. The fourth-order valence-electron chi connectivity index (χ4n) is 3.68. The van der Waals surface area contributed by atoms with Gasteiger partial charge in [-0.2, -0.15) is 4.98 Å². The first-order valence-corrected chi connectivity index (χ1v) is 9.83. The molecule has 0 spiro atoms. The number of ether oxygens (including phenoxy) is 3. The second-order valence-corrected chi connectivity index (χ2v) is 7.34. The summed E-state index contributed by atoms with van der Waals surface area (Å²) >= 11 is 0. The van der Waals surface area contributed by atoms with Gasteiger partial charge in [-0.1, -0.05) is 35.5 Å². The summed E-state index contributed by atoms with van der Waals surface area (Å²) in [5.41, 5.74) is 0.993. The minimum atomic E-state index is -0.635. The monoisotopic (exact) mass is 407 g/mol. The number of benzene rings is 2. The Hall–Kier alpha value is -3.55. The van der Waals surface area contributed by atoms with Crippen molar-refractivity contribution in [3.63, 3.8) is 0 Å². The van der Waals surface area contributed by atoms with Crippen molar-refractivity contribution in [2.45, 2.75) is 18.4 Å². The summed E-state index contributed by atoms with van der Waals surface area (Å²) < 4.78 is 22.3. The maximum atomic E-state index is 12.7. The van der Waals surface area contributed by atoms with Crippen LogP contribution in [0.4, 0.5) is 0 Å². The molecule has 30 heavy (non-hydrogen) atoms. The smallest absolute Gasteiger partial charge is 0.267 e. The SMILES string of the molecule is COc1ccccc1Cc1noc(C2CN(C(=O)C3COc4ccccc4O3)C2)n1. The van der Waals surface area contributed by atoms with E-state index < -0.39 is 6.10 Å². The van der Waals surface area contributed by atoms with E-state index in [0.717, 1.165) is 11.3 Å². The molecule has 3 aromatic rings. The molecule has 0 radical (unpaired) electrons. The molecule has 1 aromatic heterocycles. The van der Waals surface area contributed by atoms with Crippen molar-refractivity contribution in [2.24, 2.45) is 0 Å². The predicted octanol–water partition coefficient (Wildman–Crippen LogP) is 2.43. The number of rotatable bonds is 5. The average Bonchev–Trinajstić information content (AvgIpc) is 3.20. The Kier molecular flexibility index (Phi) is 4.74. The highest BCUT2D eigenvalue weighted by Crippen LogP contribution is 2.33. The van der Waals surface area contributed by atoms with Gasteiger partial charge in [0.1, 0.15) is 12.4 Å². The molecule has 3 heterocycles. The molecule has 2 aliphatic heterocycles. The molecule has 1 atom stereocenters. The van der Waals surface area contributed by atoms with Crippen LogP contribution in [0.25, 0.3) is 0 Å². The van der Waals surface area contributed by atoms with Gasteiger partial charge in [0.15, 0.2) is 17.3 Å². The van der Waals surface area contributed by atoms with Gasteiger partial charge in [-0.25, -0.2) is 0 Å². The number of fused-ring (bicyclic) bond motifs is 1. The lowest BCUT2D eigenvalue weighted by Gasteiger charge is -2.39. The summed E-state index contributed by atoms with van der Waals surface area (Å²) in [7, 11) is 1.64. The van der Waals surface area contributed by atoms with Gasteiger partial charge in [-0.15, -0.1) is 0 Å². The summed E-state index contributed by atoms with van der Waals surface area (Å²) in [6.45, 7) is 1.26. The Labute approximate surface area is 173 Å². The number of nitrogens with zero attached hydrogens (tertiary/aromatic N) is 3. The van der Waals surface area contributed by atoms with E-state index in [4.69, 9.17) is 18.7 Å². The predicted molar refractivity (Wildman–Crippen MR) is 106 cm³/mol. The van der Waals surface area contributed by atoms with Crippen molar-refractivity contribution in [3.8, 4) is 17.2 Å². The number of likely N-dealkylation sites (tertiary alicyclic amines) is 1. The van der Waals surface area contributed by atoms with Crippen LogP contribution >= 0.6 is 0 Å². The largest absolute Gasteiger partial charge is 0.496 e. The van der Waals surface area contributed by atoms with Crippen LogP contribution in [0, 0.1) is 0 Å². The van der Waals surface area contributed by atoms with E-state index in [0.29, 0.717) is 42.7 Å². The summed E-state index contributed by atoms with van der Waals surface area (Å²) in [6, 6.07) is 15.1. The molecule has 0 saturated carbocycles. The first-order valence-electron chi connectivity index (χ1n) is 9.83. The number of aromatic nitrogens is 2. The van der Waals surface area contributed by atoms with Crippen LogP contribution in [0.1, 0.15) is 23.2 Å². The van der Waals surface area contributed by atoms with Crippen molar-refractivity contribution < 1.29 is 23.5 Å². The van der Waals surface area contributed by atoms with Gasteiger partial charge in [0.2, 0.25) is 12.0 Å². The highest BCUT2D eigenvalue weighted by Gasteiger charge is 2.40. The number of hydrogen-bond acceptors (Lipinski definition) is 7. The average molecular weight is 407 g/mol. The molecule has 1 amide bonds.